The highest BCUT2D eigenvalue weighted by Gasteiger charge is 2.41. The number of phenolic OH excluding ortho intramolecular Hbond substituents is 1. The lowest BCUT2D eigenvalue weighted by atomic mass is 9.87. The first-order valence-electron chi connectivity index (χ1n) is 6.46. The van der Waals surface area contributed by atoms with E-state index in [9.17, 15) is 20.4 Å². The minimum absolute atomic E-state index is 0.203. The van der Waals surface area contributed by atoms with Gasteiger partial charge in [-0.05, 0) is 37.5 Å². The van der Waals surface area contributed by atoms with Crippen molar-refractivity contribution in [3.63, 3.8) is 0 Å². The van der Waals surface area contributed by atoms with E-state index in [0.717, 1.165) is 5.56 Å². The van der Waals surface area contributed by atoms with Crippen molar-refractivity contribution in [1.82, 2.24) is 0 Å². The normalized spacial score (nSPS) is 35.3. The zero-order valence-electron chi connectivity index (χ0n) is 10.8. The summed E-state index contributed by atoms with van der Waals surface area (Å²) in [6.45, 7) is 1.62. The Morgan fingerprint density at radius 2 is 1.68 bits per heavy atom. The van der Waals surface area contributed by atoms with Crippen molar-refractivity contribution in [1.29, 1.82) is 0 Å². The minimum Gasteiger partial charge on any atom is -0.508 e. The summed E-state index contributed by atoms with van der Waals surface area (Å²) in [5.74, 6) is -0.311. The van der Waals surface area contributed by atoms with E-state index in [1.807, 2.05) is 0 Å². The molecule has 0 amide bonds. The molecular formula is C14H20O5. The number of aromatic hydroxyl groups is 1. The quantitative estimate of drug-likeness (QED) is 0.637. The number of benzene rings is 1. The summed E-state index contributed by atoms with van der Waals surface area (Å²) < 4.78 is 5.19. The summed E-state index contributed by atoms with van der Waals surface area (Å²) in [5.41, 5.74) is 0.991. The third kappa shape index (κ3) is 3.25. The fraction of sp³-hybridized carbons (Fsp3) is 0.571. The van der Waals surface area contributed by atoms with Gasteiger partial charge in [0.15, 0.2) is 6.29 Å². The van der Waals surface area contributed by atoms with Gasteiger partial charge in [0, 0.05) is 5.92 Å². The summed E-state index contributed by atoms with van der Waals surface area (Å²) in [7, 11) is 0. The zero-order chi connectivity index (χ0) is 14.0. The molecule has 0 aromatic heterocycles. The molecule has 1 aliphatic rings. The monoisotopic (exact) mass is 268 g/mol. The first kappa shape index (κ1) is 14.3. The van der Waals surface area contributed by atoms with Crippen molar-refractivity contribution in [3.8, 4) is 5.75 Å². The standard InChI is InChI=1S/C14H20O5/c1-8-12(16)13(17)11(14(18)19-8)7-4-9-2-5-10(15)6-3-9/h2-3,5-6,8,11-18H,4,7H2,1H3/t8-,11+,12-,13-,14?/m1/s1. The van der Waals surface area contributed by atoms with E-state index in [0.29, 0.717) is 12.8 Å². The lowest BCUT2D eigenvalue weighted by Gasteiger charge is -2.39. The van der Waals surface area contributed by atoms with Gasteiger partial charge in [0.05, 0.1) is 12.2 Å². The average molecular weight is 268 g/mol. The molecule has 1 aromatic rings. The maximum Gasteiger partial charge on any atom is 0.160 e. The van der Waals surface area contributed by atoms with Crippen molar-refractivity contribution in [2.45, 2.75) is 44.4 Å². The van der Waals surface area contributed by atoms with Crippen LogP contribution in [0.3, 0.4) is 0 Å². The van der Waals surface area contributed by atoms with E-state index in [-0.39, 0.29) is 5.75 Å². The van der Waals surface area contributed by atoms with E-state index in [2.05, 4.69) is 0 Å². The van der Waals surface area contributed by atoms with Crippen LogP contribution in [-0.4, -0.2) is 45.0 Å². The Balaban J connectivity index is 1.96. The average Bonchev–Trinajstić information content (AvgIpc) is 2.38. The van der Waals surface area contributed by atoms with Crippen LogP contribution in [0.4, 0.5) is 0 Å². The third-order valence-corrected chi connectivity index (χ3v) is 3.69. The van der Waals surface area contributed by atoms with Crippen LogP contribution in [0.25, 0.3) is 0 Å². The highest BCUT2D eigenvalue weighted by Crippen LogP contribution is 2.28. The summed E-state index contributed by atoms with van der Waals surface area (Å²) in [5, 5.41) is 38.7. The largest absolute Gasteiger partial charge is 0.508 e. The van der Waals surface area contributed by atoms with Crippen LogP contribution in [0.15, 0.2) is 24.3 Å². The van der Waals surface area contributed by atoms with Gasteiger partial charge in [-0.1, -0.05) is 12.1 Å². The lowest BCUT2D eigenvalue weighted by Crippen LogP contribution is -2.53. The number of hydrogen-bond donors (Lipinski definition) is 4. The molecule has 2 rings (SSSR count). The zero-order valence-corrected chi connectivity index (χ0v) is 10.8. The number of rotatable bonds is 3. The van der Waals surface area contributed by atoms with Gasteiger partial charge in [0.25, 0.3) is 0 Å². The van der Waals surface area contributed by atoms with E-state index in [1.54, 1.807) is 31.2 Å². The second-order valence-electron chi connectivity index (χ2n) is 5.08. The molecule has 5 nitrogen and oxygen atoms in total. The second-order valence-corrected chi connectivity index (χ2v) is 5.08. The summed E-state index contributed by atoms with van der Waals surface area (Å²) >= 11 is 0. The Morgan fingerprint density at radius 1 is 1.05 bits per heavy atom. The fourth-order valence-electron chi connectivity index (χ4n) is 2.41. The fourth-order valence-corrected chi connectivity index (χ4v) is 2.41. The van der Waals surface area contributed by atoms with Crippen LogP contribution in [0, 0.1) is 5.92 Å². The van der Waals surface area contributed by atoms with Crippen LogP contribution < -0.4 is 0 Å². The lowest BCUT2D eigenvalue weighted by molar-refractivity contribution is -0.260. The van der Waals surface area contributed by atoms with Gasteiger partial charge in [-0.2, -0.15) is 0 Å². The first-order chi connectivity index (χ1) is 8.99. The Hall–Kier alpha value is -1.14. The molecule has 5 heteroatoms. The van der Waals surface area contributed by atoms with Crippen LogP contribution in [-0.2, 0) is 11.2 Å². The number of aryl methyl sites for hydroxylation is 1. The number of hydrogen-bond acceptors (Lipinski definition) is 5. The highest BCUT2D eigenvalue weighted by atomic mass is 16.6. The number of ether oxygens (including phenoxy) is 1. The van der Waals surface area contributed by atoms with Gasteiger partial charge in [-0.3, -0.25) is 0 Å². The molecule has 1 heterocycles. The SMILES string of the molecule is C[C@H]1OC(O)[C@@H](CCc2ccc(O)cc2)[C@@H](O)[C@@H]1O. The molecule has 0 bridgehead atoms. The topological polar surface area (TPSA) is 90.2 Å². The Labute approximate surface area is 112 Å². The Kier molecular flexibility index (Phi) is 4.42. The maximum atomic E-state index is 9.97. The molecule has 19 heavy (non-hydrogen) atoms. The van der Waals surface area contributed by atoms with Crippen molar-refractivity contribution in [2.24, 2.45) is 5.92 Å². The molecule has 1 unspecified atom stereocenters. The summed E-state index contributed by atoms with van der Waals surface area (Å²) in [6.07, 6.45) is -2.48. The molecule has 106 valence electrons. The third-order valence-electron chi connectivity index (χ3n) is 3.69. The second kappa shape index (κ2) is 5.88. The number of phenols is 1. The van der Waals surface area contributed by atoms with E-state index >= 15 is 0 Å². The number of aliphatic hydroxyl groups is 3. The van der Waals surface area contributed by atoms with Gasteiger partial charge in [0.1, 0.15) is 11.9 Å². The molecule has 1 aliphatic heterocycles. The molecule has 1 aromatic carbocycles. The number of aliphatic hydroxyl groups excluding tert-OH is 3. The van der Waals surface area contributed by atoms with Gasteiger partial charge in [-0.25, -0.2) is 0 Å². The summed E-state index contributed by atoms with van der Waals surface area (Å²) in [4.78, 5) is 0. The van der Waals surface area contributed by atoms with E-state index in [1.165, 1.54) is 0 Å². The van der Waals surface area contributed by atoms with Gasteiger partial charge >= 0.3 is 0 Å². The smallest absolute Gasteiger partial charge is 0.160 e. The van der Waals surface area contributed by atoms with Crippen LogP contribution in [0.1, 0.15) is 18.9 Å². The van der Waals surface area contributed by atoms with E-state index < -0.39 is 30.5 Å². The molecule has 1 fully saturated rings. The predicted molar refractivity (Wildman–Crippen MR) is 68.5 cm³/mol. The van der Waals surface area contributed by atoms with Crippen LogP contribution >= 0.6 is 0 Å². The minimum atomic E-state index is -1.06. The van der Waals surface area contributed by atoms with E-state index in [4.69, 9.17) is 4.74 Å². The highest BCUT2D eigenvalue weighted by molar-refractivity contribution is 5.25. The first-order valence-corrected chi connectivity index (χ1v) is 6.46. The van der Waals surface area contributed by atoms with Gasteiger partial charge < -0.3 is 25.2 Å². The van der Waals surface area contributed by atoms with Crippen molar-refractivity contribution in [3.05, 3.63) is 29.8 Å². The Morgan fingerprint density at radius 3 is 2.32 bits per heavy atom. The maximum absolute atomic E-state index is 9.97. The molecule has 1 saturated heterocycles. The van der Waals surface area contributed by atoms with Gasteiger partial charge in [-0.15, -0.1) is 0 Å². The van der Waals surface area contributed by atoms with Crippen LogP contribution in [0.5, 0.6) is 5.75 Å². The predicted octanol–water partition coefficient (Wildman–Crippen LogP) is 0.400. The van der Waals surface area contributed by atoms with Crippen molar-refractivity contribution in [2.75, 3.05) is 0 Å². The molecule has 4 N–H and O–H groups in total. The molecule has 0 spiro atoms. The molecular weight excluding hydrogens is 248 g/mol. The van der Waals surface area contributed by atoms with Crippen molar-refractivity contribution >= 4 is 0 Å². The molecule has 5 atom stereocenters. The van der Waals surface area contributed by atoms with Crippen molar-refractivity contribution < 1.29 is 25.2 Å². The molecule has 0 saturated carbocycles. The Bertz CT molecular complexity index is 405. The summed E-state index contributed by atoms with van der Waals surface area (Å²) in [6, 6.07) is 6.76. The van der Waals surface area contributed by atoms with Crippen LogP contribution in [0.2, 0.25) is 0 Å². The molecule has 0 radical (unpaired) electrons. The molecule has 0 aliphatic carbocycles. The van der Waals surface area contributed by atoms with Gasteiger partial charge in [0.2, 0.25) is 0 Å².